The number of methoxy groups -OCH3 is 2. The van der Waals surface area contributed by atoms with Crippen LogP contribution in [-0.2, 0) is 14.6 Å². The smallest absolute Gasteiger partial charge is 0.244 e. The highest BCUT2D eigenvalue weighted by Gasteiger charge is 2.27. The number of carbonyl (C=O) groups is 1. The van der Waals surface area contributed by atoms with Crippen molar-refractivity contribution >= 4 is 42.4 Å². The number of aromatic nitrogens is 1. The lowest BCUT2D eigenvalue weighted by atomic mass is 10.2. The molecule has 0 radical (unpaired) electrons. The second-order valence-corrected chi connectivity index (χ2v) is 10.7. The van der Waals surface area contributed by atoms with Crippen LogP contribution in [0.1, 0.15) is 19.4 Å². The lowest BCUT2D eigenvalue weighted by molar-refractivity contribution is -0.116. The molecule has 3 rings (SSSR count). The highest BCUT2D eigenvalue weighted by atomic mass is 32.2. The summed E-state index contributed by atoms with van der Waals surface area (Å²) in [5.41, 5.74) is 1.68. The minimum atomic E-state index is -3.85. The van der Waals surface area contributed by atoms with E-state index in [-0.39, 0.29) is 4.90 Å². The molecule has 0 atom stereocenters. The molecule has 0 aliphatic heterocycles. The third kappa shape index (κ3) is 5.68. The average Bonchev–Trinajstić information content (AvgIpc) is 3.28. The molecule has 0 saturated carbocycles. The maximum Gasteiger partial charge on any atom is 0.244 e. The molecule has 1 amide bonds. The van der Waals surface area contributed by atoms with Gasteiger partial charge in [0.1, 0.15) is 22.8 Å². The van der Waals surface area contributed by atoms with E-state index >= 15 is 0 Å². The number of likely N-dealkylation sites (N-methyl/N-ethyl adjacent to an activating group) is 1. The standard InChI is InChI=1S/C24H31N3O5S2/c1-6-26(7-2)14-15-27(24-25-22-20(32-5)13-8-17(3)23(22)33-24)21(28)16-34(29,30)19-11-9-18(31-4)10-12-19/h8-13H,6-7,14-16H2,1-5H3. The van der Waals surface area contributed by atoms with Crippen molar-refractivity contribution in [1.29, 1.82) is 0 Å². The molecule has 2 aromatic carbocycles. The molecule has 0 unspecified atom stereocenters. The molecule has 34 heavy (non-hydrogen) atoms. The summed E-state index contributed by atoms with van der Waals surface area (Å²) in [6.45, 7) is 8.67. The van der Waals surface area contributed by atoms with E-state index in [0.29, 0.717) is 35.2 Å². The van der Waals surface area contributed by atoms with Gasteiger partial charge in [0.25, 0.3) is 0 Å². The summed E-state index contributed by atoms with van der Waals surface area (Å²) in [5.74, 6) is -0.00227. The van der Waals surface area contributed by atoms with Crippen molar-refractivity contribution in [2.24, 2.45) is 0 Å². The molecule has 8 nitrogen and oxygen atoms in total. The summed E-state index contributed by atoms with van der Waals surface area (Å²) in [6.07, 6.45) is 0. The Morgan fingerprint density at radius 2 is 1.68 bits per heavy atom. The monoisotopic (exact) mass is 505 g/mol. The maximum atomic E-state index is 13.4. The number of nitrogens with zero attached hydrogens (tertiary/aromatic N) is 3. The number of benzene rings is 2. The Morgan fingerprint density at radius 1 is 1.00 bits per heavy atom. The number of amides is 1. The predicted octanol–water partition coefficient (Wildman–Crippen LogP) is 3.77. The third-order valence-electron chi connectivity index (χ3n) is 5.71. The summed E-state index contributed by atoms with van der Waals surface area (Å²) in [5, 5.41) is 0.463. The van der Waals surface area contributed by atoms with E-state index in [2.05, 4.69) is 23.7 Å². The first-order valence-electron chi connectivity index (χ1n) is 11.1. The molecular weight excluding hydrogens is 474 g/mol. The molecule has 10 heteroatoms. The topological polar surface area (TPSA) is 89.0 Å². The van der Waals surface area contributed by atoms with Crippen LogP contribution in [-0.4, -0.2) is 70.4 Å². The van der Waals surface area contributed by atoms with Crippen molar-refractivity contribution in [3.63, 3.8) is 0 Å². The Kier molecular flexibility index (Phi) is 8.51. The number of aryl methyl sites for hydroxylation is 1. The summed E-state index contributed by atoms with van der Waals surface area (Å²) >= 11 is 1.37. The highest BCUT2D eigenvalue weighted by molar-refractivity contribution is 7.92. The molecule has 0 saturated heterocycles. The minimum Gasteiger partial charge on any atom is -0.497 e. The van der Waals surface area contributed by atoms with Crippen LogP contribution in [0.5, 0.6) is 11.5 Å². The molecule has 0 fully saturated rings. The molecule has 184 valence electrons. The SMILES string of the molecule is CCN(CC)CCN(C(=O)CS(=O)(=O)c1ccc(OC)cc1)c1nc2c(OC)ccc(C)c2s1. The summed E-state index contributed by atoms with van der Waals surface area (Å²) < 4.78 is 37.5. The van der Waals surface area contributed by atoms with Gasteiger partial charge < -0.3 is 14.4 Å². The van der Waals surface area contributed by atoms with Gasteiger partial charge in [-0.3, -0.25) is 9.69 Å². The number of sulfone groups is 1. The predicted molar refractivity (Wildman–Crippen MR) is 136 cm³/mol. The maximum absolute atomic E-state index is 13.4. The zero-order valence-electron chi connectivity index (χ0n) is 20.2. The van der Waals surface area contributed by atoms with E-state index in [1.165, 1.54) is 35.5 Å². The molecule has 1 aromatic heterocycles. The van der Waals surface area contributed by atoms with Gasteiger partial charge in [0, 0.05) is 13.1 Å². The minimum absolute atomic E-state index is 0.0761. The molecule has 0 N–H and O–H groups in total. The van der Waals surface area contributed by atoms with Gasteiger partial charge >= 0.3 is 0 Å². The lowest BCUT2D eigenvalue weighted by Crippen LogP contribution is -2.41. The van der Waals surface area contributed by atoms with Crippen molar-refractivity contribution in [3.8, 4) is 11.5 Å². The van der Waals surface area contributed by atoms with Crippen LogP contribution in [0.4, 0.5) is 5.13 Å². The Morgan fingerprint density at radius 3 is 2.26 bits per heavy atom. The molecule has 1 heterocycles. The van der Waals surface area contributed by atoms with Crippen LogP contribution in [0.3, 0.4) is 0 Å². The van der Waals surface area contributed by atoms with Gasteiger partial charge in [-0.15, -0.1) is 0 Å². The average molecular weight is 506 g/mol. The molecule has 0 spiro atoms. The second kappa shape index (κ2) is 11.2. The van der Waals surface area contributed by atoms with Gasteiger partial charge in [-0.05, 0) is 55.9 Å². The van der Waals surface area contributed by atoms with E-state index in [4.69, 9.17) is 9.47 Å². The summed E-state index contributed by atoms with van der Waals surface area (Å²) in [4.78, 5) is 21.8. The number of thiazole rings is 1. The lowest BCUT2D eigenvalue weighted by Gasteiger charge is -2.24. The van der Waals surface area contributed by atoms with Gasteiger partial charge in [0.15, 0.2) is 15.0 Å². The van der Waals surface area contributed by atoms with Gasteiger partial charge in [0.05, 0.1) is 23.8 Å². The van der Waals surface area contributed by atoms with Crippen LogP contribution in [0, 0.1) is 6.92 Å². The van der Waals surface area contributed by atoms with Crippen molar-refractivity contribution in [3.05, 3.63) is 42.0 Å². The van der Waals surface area contributed by atoms with Crippen LogP contribution < -0.4 is 14.4 Å². The van der Waals surface area contributed by atoms with Crippen molar-refractivity contribution in [1.82, 2.24) is 9.88 Å². The fourth-order valence-electron chi connectivity index (χ4n) is 3.59. The van der Waals surface area contributed by atoms with Gasteiger partial charge in [-0.2, -0.15) is 0 Å². The largest absolute Gasteiger partial charge is 0.497 e. The number of hydrogen-bond acceptors (Lipinski definition) is 8. The van der Waals surface area contributed by atoms with E-state index in [1.807, 2.05) is 19.1 Å². The number of rotatable bonds is 11. The van der Waals surface area contributed by atoms with Crippen molar-refractivity contribution in [2.45, 2.75) is 25.7 Å². The number of ether oxygens (including phenoxy) is 2. The first-order chi connectivity index (χ1) is 16.2. The van der Waals surface area contributed by atoms with Crippen molar-refractivity contribution < 1.29 is 22.7 Å². The van der Waals surface area contributed by atoms with E-state index in [0.717, 1.165) is 23.4 Å². The Bertz CT molecular complexity index is 1240. The third-order valence-corrected chi connectivity index (χ3v) is 8.54. The van der Waals surface area contributed by atoms with Gasteiger partial charge in [0.2, 0.25) is 5.91 Å². The number of hydrogen-bond donors (Lipinski definition) is 0. The first-order valence-corrected chi connectivity index (χ1v) is 13.5. The summed E-state index contributed by atoms with van der Waals surface area (Å²) in [6, 6.07) is 9.83. The van der Waals surface area contributed by atoms with Gasteiger partial charge in [-0.25, -0.2) is 13.4 Å². The first kappa shape index (κ1) is 25.9. The molecule has 0 aliphatic carbocycles. The van der Waals surface area contributed by atoms with Crippen LogP contribution in [0.2, 0.25) is 0 Å². The number of carbonyl (C=O) groups excluding carboxylic acids is 1. The zero-order chi connectivity index (χ0) is 24.9. The Balaban J connectivity index is 1.96. The zero-order valence-corrected chi connectivity index (χ0v) is 21.8. The molecule has 0 bridgehead atoms. The van der Waals surface area contributed by atoms with E-state index in [9.17, 15) is 13.2 Å². The van der Waals surface area contributed by atoms with E-state index < -0.39 is 21.5 Å². The van der Waals surface area contributed by atoms with Crippen molar-refractivity contribution in [2.75, 3.05) is 51.1 Å². The summed E-state index contributed by atoms with van der Waals surface area (Å²) in [7, 11) is -0.760. The Hall–Kier alpha value is -2.69. The second-order valence-electron chi connectivity index (χ2n) is 7.77. The number of anilines is 1. The van der Waals surface area contributed by atoms with Crippen LogP contribution >= 0.6 is 11.3 Å². The highest BCUT2D eigenvalue weighted by Crippen LogP contribution is 2.36. The quantitative estimate of drug-likeness (QED) is 0.392. The van der Waals surface area contributed by atoms with Crippen LogP contribution in [0.25, 0.3) is 10.2 Å². The molecule has 0 aliphatic rings. The Labute approximate surface area is 205 Å². The normalized spacial score (nSPS) is 11.7. The fourth-order valence-corrected chi connectivity index (χ4v) is 5.89. The molecular formula is C24H31N3O5S2. The fraction of sp³-hybridized carbons (Fsp3) is 0.417. The number of fused-ring (bicyclic) bond motifs is 1. The molecule has 3 aromatic rings. The van der Waals surface area contributed by atoms with Crippen LogP contribution in [0.15, 0.2) is 41.3 Å². The van der Waals surface area contributed by atoms with E-state index in [1.54, 1.807) is 19.2 Å². The van der Waals surface area contributed by atoms with Gasteiger partial charge in [-0.1, -0.05) is 31.3 Å².